The minimum atomic E-state index is -0.749. The summed E-state index contributed by atoms with van der Waals surface area (Å²) < 4.78 is 34.8. The molecule has 0 N–H and O–H groups in total. The number of hydrogen-bond donors (Lipinski definition) is 0. The first-order valence-electron chi connectivity index (χ1n) is 8.77. The predicted octanol–water partition coefficient (Wildman–Crippen LogP) is 1.89. The van der Waals surface area contributed by atoms with Crippen LogP contribution in [0, 0.1) is 5.82 Å². The van der Waals surface area contributed by atoms with Gasteiger partial charge in [-0.25, -0.2) is 23.2 Å². The number of ether oxygens (including phenoxy) is 2. The van der Waals surface area contributed by atoms with E-state index >= 15 is 0 Å². The maximum atomic E-state index is 13.6. The van der Waals surface area contributed by atoms with Gasteiger partial charge < -0.3 is 9.47 Å². The van der Waals surface area contributed by atoms with E-state index < -0.39 is 35.8 Å². The molecule has 152 valence electrons. The molecule has 0 spiro atoms. The van der Waals surface area contributed by atoms with Crippen LogP contribution in [-0.2, 0) is 16.0 Å². The molecule has 10 nitrogen and oxygen atoms in total. The fourth-order valence-corrected chi connectivity index (χ4v) is 3.08. The third kappa shape index (κ3) is 3.62. The van der Waals surface area contributed by atoms with Crippen LogP contribution in [0.25, 0.3) is 11.5 Å². The monoisotopic (exact) mass is 404 g/mol. The lowest BCUT2D eigenvalue weighted by molar-refractivity contribution is -0.157. The Hall–Kier alpha value is -3.50. The molecule has 1 aliphatic carbocycles. The molecule has 0 unspecified atom stereocenters. The summed E-state index contributed by atoms with van der Waals surface area (Å²) in [6, 6.07) is 3.89. The molecule has 4 rings (SSSR count). The third-order valence-corrected chi connectivity index (χ3v) is 4.24. The highest BCUT2D eigenvalue weighted by atomic mass is 19.1. The molecule has 1 atom stereocenters. The predicted molar refractivity (Wildman–Crippen MR) is 93.6 cm³/mol. The molecule has 0 bridgehead atoms. The highest BCUT2D eigenvalue weighted by Gasteiger charge is 2.35. The minimum absolute atomic E-state index is 0.00431. The first-order valence-corrected chi connectivity index (χ1v) is 8.77. The molecule has 1 aliphatic rings. The number of nitrogens with zero attached hydrogens (tertiary/aromatic N) is 4. The summed E-state index contributed by atoms with van der Waals surface area (Å²) in [5.41, 5.74) is 0.855. The van der Waals surface area contributed by atoms with E-state index in [1.165, 1.54) is 16.7 Å². The Morgan fingerprint density at radius 3 is 2.86 bits per heavy atom. The van der Waals surface area contributed by atoms with Crippen LogP contribution in [0.15, 0.2) is 32.1 Å². The lowest BCUT2D eigenvalue weighted by atomic mass is 9.83. The van der Waals surface area contributed by atoms with Gasteiger partial charge in [0.05, 0.1) is 6.04 Å². The summed E-state index contributed by atoms with van der Waals surface area (Å²) in [4.78, 5) is 24.1. The minimum Gasteiger partial charge on any atom is -0.462 e. The van der Waals surface area contributed by atoms with Gasteiger partial charge >= 0.3 is 11.7 Å². The molecule has 0 saturated heterocycles. The fraction of sp³-hybridized carbons (Fsp3) is 0.389. The maximum absolute atomic E-state index is 13.6. The number of carbonyl (C=O) groups excluding carboxylic acids is 1. The highest BCUT2D eigenvalue weighted by Crippen LogP contribution is 2.38. The van der Waals surface area contributed by atoms with Crippen molar-refractivity contribution >= 4 is 5.97 Å². The molecule has 29 heavy (non-hydrogen) atoms. The van der Waals surface area contributed by atoms with Crippen molar-refractivity contribution in [3.63, 3.8) is 0 Å². The zero-order valence-corrected chi connectivity index (χ0v) is 15.8. The molecule has 1 aromatic carbocycles. The Kier molecular flexibility index (Phi) is 4.44. The molecule has 2 aromatic heterocycles. The van der Waals surface area contributed by atoms with E-state index in [9.17, 15) is 14.0 Å². The smallest absolute Gasteiger partial charge is 0.442 e. The molecule has 3 aromatic rings. The number of halogens is 1. The number of hydrogen-bond acceptors (Lipinski definition) is 9. The lowest BCUT2D eigenvalue weighted by Crippen LogP contribution is -2.31. The van der Waals surface area contributed by atoms with Gasteiger partial charge in [-0.15, -0.1) is 0 Å². The van der Waals surface area contributed by atoms with E-state index in [-0.39, 0.29) is 17.4 Å². The van der Waals surface area contributed by atoms with Crippen LogP contribution in [0.2, 0.25) is 0 Å². The van der Waals surface area contributed by atoms with Crippen LogP contribution in [0.5, 0.6) is 5.88 Å². The van der Waals surface area contributed by atoms with Crippen LogP contribution in [-0.4, -0.2) is 38.2 Å². The molecule has 0 aliphatic heterocycles. The first-order chi connectivity index (χ1) is 13.7. The summed E-state index contributed by atoms with van der Waals surface area (Å²) in [6.07, 6.45) is 0.489. The summed E-state index contributed by atoms with van der Waals surface area (Å²) >= 11 is 0. The van der Waals surface area contributed by atoms with Gasteiger partial charge in [-0.3, -0.25) is 4.52 Å². The fourth-order valence-electron chi connectivity index (χ4n) is 3.08. The van der Waals surface area contributed by atoms with Gasteiger partial charge in [-0.1, -0.05) is 11.2 Å². The highest BCUT2D eigenvalue weighted by molar-refractivity contribution is 5.71. The Morgan fingerprint density at radius 1 is 1.31 bits per heavy atom. The number of esters is 1. The van der Waals surface area contributed by atoms with Crippen LogP contribution < -0.4 is 10.5 Å². The van der Waals surface area contributed by atoms with Crippen molar-refractivity contribution in [1.82, 2.24) is 20.0 Å². The van der Waals surface area contributed by atoms with Crippen molar-refractivity contribution < 1.29 is 27.8 Å². The molecule has 0 fully saturated rings. The average Bonchev–Trinajstić information content (AvgIpc) is 3.21. The van der Waals surface area contributed by atoms with E-state index in [1.54, 1.807) is 26.8 Å². The second kappa shape index (κ2) is 6.83. The molecule has 0 amide bonds. The SMILES string of the molecule is CC(C)(C)OC(=O)COc1nonc1-c1noc(=O)n1[C@H]1Cc2ccc(F)cc21. The Morgan fingerprint density at radius 2 is 2.10 bits per heavy atom. The number of benzene rings is 1. The summed E-state index contributed by atoms with van der Waals surface area (Å²) in [7, 11) is 0. The van der Waals surface area contributed by atoms with E-state index in [0.29, 0.717) is 12.0 Å². The largest absolute Gasteiger partial charge is 0.462 e. The molecular formula is C18H17FN4O6. The van der Waals surface area contributed by atoms with Crippen molar-refractivity contribution in [3.05, 3.63) is 45.7 Å². The number of fused-ring (bicyclic) bond motifs is 1. The quantitative estimate of drug-likeness (QED) is 0.587. The zero-order valence-electron chi connectivity index (χ0n) is 15.8. The summed E-state index contributed by atoms with van der Waals surface area (Å²) in [5, 5.41) is 11.0. The van der Waals surface area contributed by atoms with Crippen LogP contribution in [0.1, 0.15) is 37.9 Å². The van der Waals surface area contributed by atoms with Crippen LogP contribution in [0.4, 0.5) is 4.39 Å². The number of carbonyl (C=O) groups is 1. The molecular weight excluding hydrogens is 387 g/mol. The molecule has 0 saturated carbocycles. The van der Waals surface area contributed by atoms with Gasteiger partial charge in [0.25, 0.3) is 5.88 Å². The molecule has 2 heterocycles. The molecule has 11 heteroatoms. The van der Waals surface area contributed by atoms with Crippen molar-refractivity contribution in [2.45, 2.75) is 38.8 Å². The van der Waals surface area contributed by atoms with Crippen molar-refractivity contribution in [2.75, 3.05) is 6.61 Å². The van der Waals surface area contributed by atoms with E-state index in [1.807, 2.05) is 0 Å². The summed E-state index contributed by atoms with van der Waals surface area (Å²) in [5.74, 6) is -1.94. The van der Waals surface area contributed by atoms with Crippen molar-refractivity contribution in [1.29, 1.82) is 0 Å². The van der Waals surface area contributed by atoms with Crippen LogP contribution in [0.3, 0.4) is 0 Å². The van der Waals surface area contributed by atoms with Crippen molar-refractivity contribution in [3.8, 4) is 17.4 Å². The number of aromatic nitrogens is 4. The first kappa shape index (κ1) is 18.8. The second-order valence-corrected chi connectivity index (χ2v) is 7.50. The topological polar surface area (TPSA) is 122 Å². The van der Waals surface area contributed by atoms with E-state index in [0.717, 1.165) is 5.56 Å². The second-order valence-electron chi connectivity index (χ2n) is 7.50. The van der Waals surface area contributed by atoms with Crippen molar-refractivity contribution in [2.24, 2.45) is 0 Å². The van der Waals surface area contributed by atoms with Gasteiger partial charge in [0.15, 0.2) is 6.61 Å². The van der Waals surface area contributed by atoms with E-state index in [2.05, 4.69) is 20.1 Å². The third-order valence-electron chi connectivity index (χ3n) is 4.24. The van der Waals surface area contributed by atoms with Gasteiger partial charge in [0, 0.05) is 0 Å². The van der Waals surface area contributed by atoms with E-state index in [4.69, 9.17) is 14.0 Å². The summed E-state index contributed by atoms with van der Waals surface area (Å²) in [6.45, 7) is 4.72. The zero-order chi connectivity index (χ0) is 20.8. The standard InChI is InChI=1S/C18H17FN4O6/c1-18(2,3)27-13(24)8-26-16-14(20-29-22-16)15-21-28-17(25)23(15)12-6-9-4-5-10(19)7-11(9)12/h4-5,7,12H,6,8H2,1-3H3/t12-/m0/s1. The number of rotatable bonds is 5. The van der Waals surface area contributed by atoms with Gasteiger partial charge in [0.1, 0.15) is 11.4 Å². The van der Waals surface area contributed by atoms with Gasteiger partial charge in [-0.2, -0.15) is 0 Å². The normalized spacial score (nSPS) is 15.5. The maximum Gasteiger partial charge on any atom is 0.442 e. The Labute approximate surface area is 163 Å². The van der Waals surface area contributed by atoms with Gasteiger partial charge in [-0.05, 0) is 60.8 Å². The Balaban J connectivity index is 1.60. The van der Waals surface area contributed by atoms with Gasteiger partial charge in [0.2, 0.25) is 11.5 Å². The van der Waals surface area contributed by atoms with Crippen LogP contribution >= 0.6 is 0 Å². The average molecular weight is 404 g/mol. The molecule has 0 radical (unpaired) electrons. The Bertz CT molecular complexity index is 1130. The lowest BCUT2D eigenvalue weighted by Gasteiger charge is -2.30.